The fourth-order valence-electron chi connectivity index (χ4n) is 3.73. The lowest BCUT2D eigenvalue weighted by molar-refractivity contribution is -0.115. The second kappa shape index (κ2) is 9.64. The standard InChI is InChI=1S/C27H19N3O2S2/c1-32-20-13-10-18(11-14-20)21-15-12-19(16-28)27(29-21)33-17-26(31)30-22-6-2-4-8-24(22)34-25-9-5-3-7-23(25)30/h2-15H,17H2,1H3. The molecule has 5 nitrogen and oxygen atoms in total. The maximum atomic E-state index is 13.5. The Morgan fingerprint density at radius 1 is 0.971 bits per heavy atom. The van der Waals surface area contributed by atoms with E-state index in [1.807, 2.05) is 78.9 Å². The van der Waals surface area contributed by atoms with Gasteiger partial charge in [0.1, 0.15) is 16.8 Å². The van der Waals surface area contributed by atoms with E-state index in [9.17, 15) is 10.1 Å². The summed E-state index contributed by atoms with van der Waals surface area (Å²) in [5.74, 6) is 0.852. The lowest BCUT2D eigenvalue weighted by atomic mass is 10.1. The third-order valence-corrected chi connectivity index (χ3v) is 7.49. The molecule has 34 heavy (non-hydrogen) atoms. The maximum absolute atomic E-state index is 13.5. The van der Waals surface area contributed by atoms with Crippen LogP contribution in [0, 0.1) is 11.3 Å². The molecule has 1 aliphatic heterocycles. The van der Waals surface area contributed by atoms with Gasteiger partial charge in [0.15, 0.2) is 0 Å². The Morgan fingerprint density at radius 3 is 2.24 bits per heavy atom. The minimum absolute atomic E-state index is 0.0641. The van der Waals surface area contributed by atoms with Crippen LogP contribution in [0.25, 0.3) is 11.3 Å². The normalized spacial score (nSPS) is 11.8. The van der Waals surface area contributed by atoms with Gasteiger partial charge in [-0.15, -0.1) is 0 Å². The second-order valence-electron chi connectivity index (χ2n) is 7.44. The molecule has 0 bridgehead atoms. The summed E-state index contributed by atoms with van der Waals surface area (Å²) in [6.45, 7) is 0. The van der Waals surface area contributed by atoms with Gasteiger partial charge in [-0.1, -0.05) is 47.8 Å². The largest absolute Gasteiger partial charge is 0.497 e. The van der Waals surface area contributed by atoms with E-state index in [1.165, 1.54) is 11.8 Å². The van der Waals surface area contributed by atoms with Crippen molar-refractivity contribution in [3.8, 4) is 23.1 Å². The van der Waals surface area contributed by atoms with E-state index in [-0.39, 0.29) is 11.7 Å². The predicted molar refractivity (Wildman–Crippen MR) is 136 cm³/mol. The molecule has 0 fully saturated rings. The molecule has 0 radical (unpaired) electrons. The van der Waals surface area contributed by atoms with Crippen LogP contribution in [0.3, 0.4) is 0 Å². The summed E-state index contributed by atoms with van der Waals surface area (Å²) < 4.78 is 5.23. The van der Waals surface area contributed by atoms with Crippen LogP contribution in [0.5, 0.6) is 5.75 Å². The lowest BCUT2D eigenvalue weighted by Crippen LogP contribution is -2.30. The summed E-state index contributed by atoms with van der Waals surface area (Å²) in [6.07, 6.45) is 0. The van der Waals surface area contributed by atoms with E-state index >= 15 is 0 Å². The Hall–Kier alpha value is -3.73. The first kappa shape index (κ1) is 22.1. The molecule has 5 rings (SSSR count). The number of methoxy groups -OCH3 is 1. The number of rotatable bonds is 5. The van der Waals surface area contributed by atoms with Gasteiger partial charge >= 0.3 is 0 Å². The SMILES string of the molecule is COc1ccc(-c2ccc(C#N)c(SCC(=O)N3c4ccccc4Sc4ccccc43)n2)cc1. The highest BCUT2D eigenvalue weighted by Crippen LogP contribution is 2.48. The number of hydrogen-bond acceptors (Lipinski definition) is 6. The van der Waals surface area contributed by atoms with Crippen LogP contribution in [0.15, 0.2) is 99.7 Å². The zero-order valence-corrected chi connectivity index (χ0v) is 19.9. The number of carbonyl (C=O) groups is 1. The van der Waals surface area contributed by atoms with Gasteiger partial charge in [-0.3, -0.25) is 9.69 Å². The highest BCUT2D eigenvalue weighted by molar-refractivity contribution is 8.00. The highest BCUT2D eigenvalue weighted by atomic mass is 32.2. The molecule has 1 aromatic heterocycles. The van der Waals surface area contributed by atoms with E-state index in [0.717, 1.165) is 38.2 Å². The molecule has 3 aromatic carbocycles. The van der Waals surface area contributed by atoms with Gasteiger partial charge in [0.25, 0.3) is 0 Å². The van der Waals surface area contributed by atoms with Gasteiger partial charge in [-0.2, -0.15) is 5.26 Å². The van der Waals surface area contributed by atoms with Crippen LogP contribution in [0.4, 0.5) is 11.4 Å². The van der Waals surface area contributed by atoms with Gasteiger partial charge in [-0.05, 0) is 60.7 Å². The van der Waals surface area contributed by atoms with Crippen molar-refractivity contribution in [3.05, 3.63) is 90.5 Å². The van der Waals surface area contributed by atoms with E-state index in [0.29, 0.717) is 10.6 Å². The number of pyridine rings is 1. The van der Waals surface area contributed by atoms with Gasteiger partial charge in [0, 0.05) is 15.4 Å². The number of thioether (sulfide) groups is 1. The Bertz CT molecular complexity index is 1370. The van der Waals surface area contributed by atoms with Gasteiger partial charge in [-0.25, -0.2) is 4.98 Å². The van der Waals surface area contributed by atoms with Crippen molar-refractivity contribution in [3.63, 3.8) is 0 Å². The number of para-hydroxylation sites is 2. The molecule has 1 aliphatic rings. The zero-order chi connectivity index (χ0) is 23.5. The lowest BCUT2D eigenvalue weighted by Gasteiger charge is -2.31. The predicted octanol–water partition coefficient (Wildman–Crippen LogP) is 6.55. The molecule has 0 saturated carbocycles. The Labute approximate surface area is 206 Å². The van der Waals surface area contributed by atoms with Gasteiger partial charge in [0.05, 0.1) is 35.5 Å². The summed E-state index contributed by atoms with van der Waals surface area (Å²) in [4.78, 5) is 22.0. The third-order valence-electron chi connectivity index (χ3n) is 5.38. The van der Waals surface area contributed by atoms with Gasteiger partial charge in [0.2, 0.25) is 5.91 Å². The van der Waals surface area contributed by atoms with Crippen LogP contribution in [0.1, 0.15) is 5.56 Å². The van der Waals surface area contributed by atoms with Crippen molar-refractivity contribution in [2.75, 3.05) is 17.8 Å². The van der Waals surface area contributed by atoms with Crippen molar-refractivity contribution in [2.24, 2.45) is 0 Å². The van der Waals surface area contributed by atoms with Crippen LogP contribution in [-0.2, 0) is 4.79 Å². The number of fused-ring (bicyclic) bond motifs is 2. The quantitative estimate of drug-likeness (QED) is 0.301. The Morgan fingerprint density at radius 2 is 1.62 bits per heavy atom. The summed E-state index contributed by atoms with van der Waals surface area (Å²) in [7, 11) is 1.62. The Kier molecular flexibility index (Phi) is 6.26. The van der Waals surface area contributed by atoms with E-state index in [4.69, 9.17) is 9.72 Å². The van der Waals surface area contributed by atoms with Crippen molar-refractivity contribution in [1.29, 1.82) is 5.26 Å². The summed E-state index contributed by atoms with van der Waals surface area (Å²) >= 11 is 2.94. The molecular formula is C27H19N3O2S2. The Balaban J connectivity index is 1.42. The molecule has 0 N–H and O–H groups in total. The zero-order valence-electron chi connectivity index (χ0n) is 18.3. The average molecular weight is 482 g/mol. The smallest absolute Gasteiger partial charge is 0.242 e. The molecule has 1 amide bonds. The number of nitrogens with zero attached hydrogens (tertiary/aromatic N) is 3. The number of benzene rings is 3. The molecular weight excluding hydrogens is 462 g/mol. The first-order valence-corrected chi connectivity index (χ1v) is 12.4. The minimum Gasteiger partial charge on any atom is -0.497 e. The van der Waals surface area contributed by atoms with E-state index in [1.54, 1.807) is 29.8 Å². The molecule has 166 valence electrons. The number of carbonyl (C=O) groups excluding carboxylic acids is 1. The number of hydrogen-bond donors (Lipinski definition) is 0. The van der Waals surface area contributed by atoms with E-state index < -0.39 is 0 Å². The number of anilines is 2. The number of ether oxygens (including phenoxy) is 1. The van der Waals surface area contributed by atoms with Crippen LogP contribution < -0.4 is 9.64 Å². The molecule has 4 aromatic rings. The molecule has 0 saturated heterocycles. The third kappa shape index (κ3) is 4.26. The van der Waals surface area contributed by atoms with Crippen LogP contribution >= 0.6 is 23.5 Å². The summed E-state index contributed by atoms with van der Waals surface area (Å²) in [5.41, 5.74) is 3.84. The molecule has 0 unspecified atom stereocenters. The molecule has 0 spiro atoms. The van der Waals surface area contributed by atoms with Crippen molar-refractivity contribution >= 4 is 40.8 Å². The fraction of sp³-hybridized carbons (Fsp3) is 0.0741. The summed E-state index contributed by atoms with van der Waals surface area (Å²) in [5, 5.41) is 10.1. The monoisotopic (exact) mass is 481 g/mol. The molecule has 0 aliphatic carbocycles. The second-order valence-corrected chi connectivity index (χ2v) is 9.49. The van der Waals surface area contributed by atoms with Crippen molar-refractivity contribution in [2.45, 2.75) is 14.8 Å². The summed E-state index contributed by atoms with van der Waals surface area (Å²) in [6, 6.07) is 29.2. The van der Waals surface area contributed by atoms with Gasteiger partial charge < -0.3 is 4.74 Å². The first-order valence-electron chi connectivity index (χ1n) is 10.5. The molecule has 2 heterocycles. The van der Waals surface area contributed by atoms with Crippen LogP contribution in [-0.4, -0.2) is 23.8 Å². The number of aromatic nitrogens is 1. The van der Waals surface area contributed by atoms with E-state index in [2.05, 4.69) is 6.07 Å². The minimum atomic E-state index is -0.0641. The number of nitriles is 1. The highest BCUT2D eigenvalue weighted by Gasteiger charge is 2.28. The molecule has 7 heteroatoms. The molecule has 0 atom stereocenters. The fourth-order valence-corrected chi connectivity index (χ4v) is 5.61. The van der Waals surface area contributed by atoms with Crippen molar-refractivity contribution in [1.82, 2.24) is 4.98 Å². The first-order chi connectivity index (χ1) is 16.7. The topological polar surface area (TPSA) is 66.2 Å². The maximum Gasteiger partial charge on any atom is 0.242 e. The average Bonchev–Trinajstić information content (AvgIpc) is 2.90. The van der Waals surface area contributed by atoms with Crippen LogP contribution in [0.2, 0.25) is 0 Å². The van der Waals surface area contributed by atoms with Crippen molar-refractivity contribution < 1.29 is 9.53 Å². The number of amides is 1.